The first-order valence-electron chi connectivity index (χ1n) is 17.2. The number of anilines is 2. The van der Waals surface area contributed by atoms with E-state index in [1.807, 2.05) is 78.9 Å². The Labute approximate surface area is 301 Å². The third-order valence-electron chi connectivity index (χ3n) is 9.55. The third kappa shape index (κ3) is 6.01. The molecule has 13 heteroatoms. The molecule has 53 heavy (non-hydrogen) atoms. The van der Waals surface area contributed by atoms with Gasteiger partial charge in [0.15, 0.2) is 22.8 Å². The van der Waals surface area contributed by atoms with Crippen molar-refractivity contribution in [3.05, 3.63) is 133 Å². The van der Waals surface area contributed by atoms with Gasteiger partial charge in [-0.2, -0.15) is 0 Å². The maximum absolute atomic E-state index is 14.1. The maximum Gasteiger partial charge on any atom is 0.155 e. The van der Waals surface area contributed by atoms with Crippen molar-refractivity contribution in [3.8, 4) is 22.9 Å². The van der Waals surface area contributed by atoms with E-state index in [0.717, 1.165) is 21.9 Å². The quantitative estimate of drug-likeness (QED) is 0.102. The topological polar surface area (TPSA) is 151 Å². The minimum atomic E-state index is -1.59. The SMILES string of the molecule is OCCC(Nc1ccc2ncc(-c3cc4ccccc4o3)n2n1)C(O)(CCNc1ccc2ncc(-c3cc4ccccc4o3)n2n1)c1ccc(F)cc1. The summed E-state index contributed by atoms with van der Waals surface area (Å²) < 4.78 is 29.7. The molecule has 0 aliphatic carbocycles. The summed E-state index contributed by atoms with van der Waals surface area (Å²) in [5, 5.41) is 41.0. The molecule has 3 aromatic carbocycles. The lowest BCUT2D eigenvalue weighted by Gasteiger charge is -2.37. The zero-order valence-electron chi connectivity index (χ0n) is 28.2. The fourth-order valence-corrected chi connectivity index (χ4v) is 6.85. The highest BCUT2D eigenvalue weighted by Gasteiger charge is 2.38. The molecule has 0 spiro atoms. The van der Waals surface area contributed by atoms with Crippen LogP contribution in [0.2, 0.25) is 0 Å². The molecular weight excluding hydrogens is 675 g/mol. The van der Waals surface area contributed by atoms with E-state index in [-0.39, 0.29) is 26.0 Å². The Morgan fingerprint density at radius 2 is 1.28 bits per heavy atom. The molecule has 0 aliphatic rings. The molecule has 6 aromatic heterocycles. The number of imidazole rings is 2. The Kier molecular flexibility index (Phi) is 8.05. The number of aromatic nitrogens is 6. The molecule has 0 fully saturated rings. The molecular formula is C40H33FN8O4. The van der Waals surface area contributed by atoms with Gasteiger partial charge < -0.3 is 29.7 Å². The van der Waals surface area contributed by atoms with Crippen LogP contribution in [0.15, 0.2) is 130 Å². The lowest BCUT2D eigenvalue weighted by atomic mass is 9.81. The van der Waals surface area contributed by atoms with Crippen LogP contribution in [0.5, 0.6) is 0 Å². The second-order valence-electron chi connectivity index (χ2n) is 12.9. The van der Waals surface area contributed by atoms with Crippen LogP contribution in [0.3, 0.4) is 0 Å². The Bertz CT molecular complexity index is 2650. The van der Waals surface area contributed by atoms with Crippen molar-refractivity contribution < 1.29 is 23.4 Å². The van der Waals surface area contributed by atoms with Gasteiger partial charge in [0.2, 0.25) is 0 Å². The molecule has 4 N–H and O–H groups in total. The minimum absolute atomic E-state index is 0.161. The summed E-state index contributed by atoms with van der Waals surface area (Å²) in [6.07, 6.45) is 3.74. The average Bonchev–Trinajstić information content (AvgIpc) is 3.98. The standard InChI is InChI=1S/C40H33FN8O4/c41-28-11-9-27(10-12-28)40(51,18-19-42-36-13-15-38-43-23-29(48(38)46-36)33-21-25-5-1-3-7-31(25)52-33)35(17-20-50)45-37-14-16-39-44-24-30(49(39)47-37)34-22-26-6-2-4-8-32(26)53-34/h1-16,21-24,35,50-51H,17-20H2,(H,42,46)(H,45,47). The second-order valence-corrected chi connectivity index (χ2v) is 12.9. The Morgan fingerprint density at radius 3 is 1.87 bits per heavy atom. The summed E-state index contributed by atoms with van der Waals surface area (Å²) in [6.45, 7) is 0.0461. The molecule has 0 amide bonds. The number of benzene rings is 3. The van der Waals surface area contributed by atoms with Gasteiger partial charge in [0.1, 0.15) is 45.6 Å². The van der Waals surface area contributed by atoms with E-state index in [1.54, 1.807) is 39.6 Å². The monoisotopic (exact) mass is 708 g/mol. The highest BCUT2D eigenvalue weighted by Crippen LogP contribution is 2.34. The number of nitrogens with zero attached hydrogens (tertiary/aromatic N) is 6. The number of para-hydroxylation sites is 2. The van der Waals surface area contributed by atoms with E-state index >= 15 is 0 Å². The zero-order valence-corrected chi connectivity index (χ0v) is 28.2. The molecule has 12 nitrogen and oxygen atoms in total. The molecule has 2 atom stereocenters. The summed E-state index contributed by atoms with van der Waals surface area (Å²) in [6, 6.07) is 31.7. The summed E-state index contributed by atoms with van der Waals surface area (Å²) in [7, 11) is 0. The summed E-state index contributed by atoms with van der Waals surface area (Å²) in [4.78, 5) is 9.00. The van der Waals surface area contributed by atoms with Crippen LogP contribution in [0, 0.1) is 5.82 Å². The van der Waals surface area contributed by atoms with E-state index in [1.165, 1.54) is 12.1 Å². The summed E-state index contributed by atoms with van der Waals surface area (Å²) in [5.41, 5.74) is 3.01. The molecule has 264 valence electrons. The fraction of sp³-hybridized carbons (Fsp3) is 0.150. The average molecular weight is 709 g/mol. The first kappa shape index (κ1) is 32.3. The Balaban J connectivity index is 0.999. The zero-order chi connectivity index (χ0) is 35.9. The largest absolute Gasteiger partial charge is 0.454 e. The van der Waals surface area contributed by atoms with Crippen molar-refractivity contribution >= 4 is 44.9 Å². The van der Waals surface area contributed by atoms with Gasteiger partial charge in [0, 0.05) is 23.9 Å². The number of hydrogen-bond donors (Lipinski definition) is 4. The van der Waals surface area contributed by atoms with E-state index in [0.29, 0.717) is 51.4 Å². The predicted molar refractivity (Wildman–Crippen MR) is 199 cm³/mol. The van der Waals surface area contributed by atoms with Crippen LogP contribution < -0.4 is 10.6 Å². The number of hydrogen-bond acceptors (Lipinski definition) is 10. The van der Waals surface area contributed by atoms with Crippen LogP contribution in [0.1, 0.15) is 18.4 Å². The van der Waals surface area contributed by atoms with Gasteiger partial charge in [0.25, 0.3) is 0 Å². The van der Waals surface area contributed by atoms with Crippen molar-refractivity contribution in [2.24, 2.45) is 0 Å². The number of aliphatic hydroxyl groups excluding tert-OH is 1. The van der Waals surface area contributed by atoms with Gasteiger partial charge in [-0.1, -0.05) is 48.5 Å². The molecule has 0 saturated heterocycles. The van der Waals surface area contributed by atoms with E-state index in [9.17, 15) is 14.6 Å². The molecule has 6 heterocycles. The minimum Gasteiger partial charge on any atom is -0.454 e. The lowest BCUT2D eigenvalue weighted by molar-refractivity contribution is 0.00365. The molecule has 0 bridgehead atoms. The number of rotatable bonds is 12. The first-order chi connectivity index (χ1) is 25.9. The molecule has 0 aliphatic heterocycles. The number of fused-ring (bicyclic) bond motifs is 4. The van der Waals surface area contributed by atoms with Crippen LogP contribution in [-0.4, -0.2) is 58.6 Å². The maximum atomic E-state index is 14.1. The number of furan rings is 2. The Hall–Kier alpha value is -6.57. The van der Waals surface area contributed by atoms with E-state index in [2.05, 4.69) is 20.6 Å². The van der Waals surface area contributed by atoms with Crippen molar-refractivity contribution in [2.75, 3.05) is 23.8 Å². The van der Waals surface area contributed by atoms with Gasteiger partial charge in [-0.25, -0.2) is 23.4 Å². The van der Waals surface area contributed by atoms with Crippen molar-refractivity contribution in [3.63, 3.8) is 0 Å². The van der Waals surface area contributed by atoms with E-state index < -0.39 is 17.5 Å². The molecule has 0 saturated carbocycles. The Morgan fingerprint density at radius 1 is 0.717 bits per heavy atom. The van der Waals surface area contributed by atoms with Gasteiger partial charge >= 0.3 is 0 Å². The molecule has 0 radical (unpaired) electrons. The van der Waals surface area contributed by atoms with Gasteiger partial charge in [0.05, 0.1) is 18.4 Å². The highest BCUT2D eigenvalue weighted by atomic mass is 19.1. The van der Waals surface area contributed by atoms with Crippen molar-refractivity contribution in [2.45, 2.75) is 24.5 Å². The van der Waals surface area contributed by atoms with Crippen LogP contribution in [0.4, 0.5) is 16.0 Å². The van der Waals surface area contributed by atoms with Crippen LogP contribution >= 0.6 is 0 Å². The number of aliphatic hydroxyl groups is 2. The lowest BCUT2D eigenvalue weighted by Crippen LogP contribution is -2.46. The van der Waals surface area contributed by atoms with Gasteiger partial charge in [-0.15, -0.1) is 10.2 Å². The molecule has 9 aromatic rings. The van der Waals surface area contributed by atoms with E-state index in [4.69, 9.17) is 19.0 Å². The first-order valence-corrected chi connectivity index (χ1v) is 17.2. The molecule has 9 rings (SSSR count). The fourth-order valence-electron chi connectivity index (χ4n) is 6.85. The van der Waals surface area contributed by atoms with Crippen LogP contribution in [0.25, 0.3) is 56.1 Å². The third-order valence-corrected chi connectivity index (χ3v) is 9.55. The molecule has 2 unspecified atom stereocenters. The smallest absolute Gasteiger partial charge is 0.155 e. The van der Waals surface area contributed by atoms with Gasteiger partial charge in [-0.3, -0.25) is 0 Å². The predicted octanol–water partition coefficient (Wildman–Crippen LogP) is 7.29. The number of nitrogens with one attached hydrogen (secondary N) is 2. The number of halogens is 1. The summed E-state index contributed by atoms with van der Waals surface area (Å²) >= 11 is 0. The van der Waals surface area contributed by atoms with Crippen molar-refractivity contribution in [1.29, 1.82) is 0 Å². The van der Waals surface area contributed by atoms with Crippen LogP contribution in [-0.2, 0) is 5.60 Å². The highest BCUT2D eigenvalue weighted by molar-refractivity contribution is 5.83. The summed E-state index contributed by atoms with van der Waals surface area (Å²) in [5.74, 6) is 1.80. The second kappa shape index (κ2) is 13.2. The van der Waals surface area contributed by atoms with Crippen molar-refractivity contribution in [1.82, 2.24) is 29.2 Å². The van der Waals surface area contributed by atoms with Gasteiger partial charge in [-0.05, 0) is 79.1 Å². The normalized spacial score (nSPS) is 13.6.